The Balaban J connectivity index is 3.34. The lowest BCUT2D eigenvalue weighted by Gasteiger charge is -2.16. The SMILES string of the molecule is COC(=O)c1cc(OC(F)(F)F)c(Cl)cc1C(C)C. The number of benzene rings is 1. The van der Waals surface area contributed by atoms with E-state index in [0.29, 0.717) is 5.56 Å². The molecule has 0 radical (unpaired) electrons. The van der Waals surface area contributed by atoms with Crippen LogP contribution in [0.1, 0.15) is 35.7 Å². The Kier molecular flexibility index (Phi) is 4.68. The molecule has 0 unspecified atom stereocenters. The van der Waals surface area contributed by atoms with E-state index in [-0.39, 0.29) is 16.5 Å². The van der Waals surface area contributed by atoms with Crippen LogP contribution in [-0.2, 0) is 4.74 Å². The number of rotatable bonds is 3. The first-order valence-corrected chi connectivity index (χ1v) is 5.71. The Morgan fingerprint density at radius 3 is 2.32 bits per heavy atom. The molecule has 0 atom stereocenters. The molecule has 1 aromatic rings. The first-order chi connectivity index (χ1) is 8.65. The number of methoxy groups -OCH3 is 1. The fourth-order valence-corrected chi connectivity index (χ4v) is 1.75. The van der Waals surface area contributed by atoms with Crippen molar-refractivity contribution in [3.05, 3.63) is 28.3 Å². The summed E-state index contributed by atoms with van der Waals surface area (Å²) in [5.41, 5.74) is 0.493. The van der Waals surface area contributed by atoms with Crippen molar-refractivity contribution in [2.75, 3.05) is 7.11 Å². The van der Waals surface area contributed by atoms with Crippen molar-refractivity contribution in [3.8, 4) is 5.75 Å². The summed E-state index contributed by atoms with van der Waals surface area (Å²) < 4.78 is 44.9. The quantitative estimate of drug-likeness (QED) is 0.786. The van der Waals surface area contributed by atoms with Crippen molar-refractivity contribution in [2.45, 2.75) is 26.1 Å². The van der Waals surface area contributed by atoms with Crippen molar-refractivity contribution >= 4 is 17.6 Å². The molecule has 19 heavy (non-hydrogen) atoms. The number of hydrogen-bond donors (Lipinski definition) is 0. The Hall–Kier alpha value is -1.43. The van der Waals surface area contributed by atoms with Crippen LogP contribution in [0, 0.1) is 0 Å². The molecule has 0 saturated carbocycles. The fourth-order valence-electron chi connectivity index (χ4n) is 1.54. The summed E-state index contributed by atoms with van der Waals surface area (Å²) >= 11 is 5.72. The molecule has 1 rings (SSSR count). The molecule has 0 fully saturated rings. The molecular weight excluding hydrogens is 285 g/mol. The van der Waals surface area contributed by atoms with Crippen molar-refractivity contribution in [2.24, 2.45) is 0 Å². The Morgan fingerprint density at radius 1 is 1.32 bits per heavy atom. The molecule has 0 spiro atoms. The van der Waals surface area contributed by atoms with Gasteiger partial charge in [0.2, 0.25) is 0 Å². The standard InChI is InChI=1S/C12H12ClF3O3/c1-6(2)7-4-9(13)10(19-12(14,15)16)5-8(7)11(17)18-3/h4-6H,1-3H3. The van der Waals surface area contributed by atoms with E-state index >= 15 is 0 Å². The van der Waals surface area contributed by atoms with Crippen molar-refractivity contribution in [1.82, 2.24) is 0 Å². The van der Waals surface area contributed by atoms with Crippen LogP contribution < -0.4 is 4.74 Å². The number of hydrogen-bond acceptors (Lipinski definition) is 3. The number of carbonyl (C=O) groups excluding carboxylic acids is 1. The number of carbonyl (C=O) groups is 1. The van der Waals surface area contributed by atoms with Crippen LogP contribution in [0.4, 0.5) is 13.2 Å². The molecule has 106 valence electrons. The molecule has 3 nitrogen and oxygen atoms in total. The van der Waals surface area contributed by atoms with Crippen molar-refractivity contribution in [1.29, 1.82) is 0 Å². The maximum absolute atomic E-state index is 12.2. The molecule has 0 aliphatic rings. The molecule has 1 aromatic carbocycles. The van der Waals surface area contributed by atoms with E-state index < -0.39 is 18.1 Å². The highest BCUT2D eigenvalue weighted by Gasteiger charge is 2.33. The second-order valence-electron chi connectivity index (χ2n) is 4.06. The third kappa shape index (κ3) is 4.02. The van der Waals surface area contributed by atoms with Gasteiger partial charge in [0.05, 0.1) is 17.7 Å². The molecule has 0 bridgehead atoms. The highest BCUT2D eigenvalue weighted by molar-refractivity contribution is 6.32. The minimum atomic E-state index is -4.88. The zero-order chi connectivity index (χ0) is 14.8. The van der Waals surface area contributed by atoms with Gasteiger partial charge in [0.15, 0.2) is 0 Å². The van der Waals surface area contributed by atoms with Crippen LogP contribution in [0.2, 0.25) is 5.02 Å². The van der Waals surface area contributed by atoms with Crippen LogP contribution in [0.25, 0.3) is 0 Å². The number of alkyl halides is 3. The third-order valence-electron chi connectivity index (χ3n) is 2.36. The van der Waals surface area contributed by atoms with Gasteiger partial charge in [0.1, 0.15) is 5.75 Å². The van der Waals surface area contributed by atoms with Gasteiger partial charge >= 0.3 is 12.3 Å². The van der Waals surface area contributed by atoms with Gasteiger partial charge in [-0.1, -0.05) is 25.4 Å². The normalized spacial score (nSPS) is 11.6. The largest absolute Gasteiger partial charge is 0.573 e. The van der Waals surface area contributed by atoms with Gasteiger partial charge in [-0.25, -0.2) is 4.79 Å². The van der Waals surface area contributed by atoms with Gasteiger partial charge in [-0.2, -0.15) is 0 Å². The minimum absolute atomic E-state index is 0.00106. The maximum Gasteiger partial charge on any atom is 0.573 e. The lowest BCUT2D eigenvalue weighted by Crippen LogP contribution is -2.18. The van der Waals surface area contributed by atoms with Crippen LogP contribution in [0.15, 0.2) is 12.1 Å². The zero-order valence-electron chi connectivity index (χ0n) is 10.5. The molecule has 0 heterocycles. The van der Waals surface area contributed by atoms with Crippen LogP contribution in [0.5, 0.6) is 5.75 Å². The summed E-state index contributed by atoms with van der Waals surface area (Å²) in [5, 5.41) is -0.214. The highest BCUT2D eigenvalue weighted by Crippen LogP contribution is 2.35. The number of ether oxygens (including phenoxy) is 2. The van der Waals surface area contributed by atoms with Gasteiger partial charge in [0.25, 0.3) is 0 Å². The van der Waals surface area contributed by atoms with E-state index in [2.05, 4.69) is 9.47 Å². The molecule has 0 aromatic heterocycles. The van der Waals surface area contributed by atoms with E-state index in [1.165, 1.54) is 6.07 Å². The van der Waals surface area contributed by atoms with Crippen molar-refractivity contribution in [3.63, 3.8) is 0 Å². The summed E-state index contributed by atoms with van der Waals surface area (Å²) in [4.78, 5) is 11.6. The summed E-state index contributed by atoms with van der Waals surface area (Å²) in [6.07, 6.45) is -4.88. The molecule has 0 saturated heterocycles. The van der Waals surface area contributed by atoms with E-state index in [4.69, 9.17) is 11.6 Å². The monoisotopic (exact) mass is 296 g/mol. The van der Waals surface area contributed by atoms with E-state index in [0.717, 1.165) is 13.2 Å². The minimum Gasteiger partial charge on any atom is -0.465 e. The van der Waals surface area contributed by atoms with Crippen LogP contribution >= 0.6 is 11.6 Å². The first kappa shape index (κ1) is 15.6. The predicted molar refractivity (Wildman–Crippen MR) is 63.6 cm³/mol. The van der Waals surface area contributed by atoms with E-state index in [9.17, 15) is 18.0 Å². The molecular formula is C12H12ClF3O3. The lowest BCUT2D eigenvalue weighted by molar-refractivity contribution is -0.274. The predicted octanol–water partition coefficient (Wildman–Crippen LogP) is 4.15. The Labute approximate surface area is 113 Å². The summed E-state index contributed by atoms with van der Waals surface area (Å²) in [6, 6.07) is 2.22. The Morgan fingerprint density at radius 2 is 1.89 bits per heavy atom. The van der Waals surface area contributed by atoms with E-state index in [1.54, 1.807) is 13.8 Å². The summed E-state index contributed by atoms with van der Waals surface area (Å²) in [7, 11) is 1.14. The van der Waals surface area contributed by atoms with Gasteiger partial charge in [-0.05, 0) is 23.6 Å². The molecule has 7 heteroatoms. The van der Waals surface area contributed by atoms with Gasteiger partial charge in [0, 0.05) is 0 Å². The molecule has 0 N–H and O–H groups in total. The molecule has 0 aliphatic heterocycles. The first-order valence-electron chi connectivity index (χ1n) is 5.33. The van der Waals surface area contributed by atoms with E-state index in [1.807, 2.05) is 0 Å². The van der Waals surface area contributed by atoms with Crippen molar-refractivity contribution < 1.29 is 27.4 Å². The second kappa shape index (κ2) is 5.69. The smallest absolute Gasteiger partial charge is 0.465 e. The Bertz CT molecular complexity index is 484. The average molecular weight is 297 g/mol. The molecule has 0 aliphatic carbocycles. The maximum atomic E-state index is 12.2. The average Bonchev–Trinajstić information content (AvgIpc) is 2.28. The lowest BCUT2D eigenvalue weighted by atomic mass is 9.97. The van der Waals surface area contributed by atoms with Crippen LogP contribution in [0.3, 0.4) is 0 Å². The highest BCUT2D eigenvalue weighted by atomic mass is 35.5. The number of esters is 1. The third-order valence-corrected chi connectivity index (χ3v) is 2.65. The van der Waals surface area contributed by atoms with Gasteiger partial charge in [-0.3, -0.25) is 0 Å². The summed E-state index contributed by atoms with van der Waals surface area (Å²) in [6.45, 7) is 3.56. The zero-order valence-corrected chi connectivity index (χ0v) is 11.2. The van der Waals surface area contributed by atoms with Gasteiger partial charge < -0.3 is 9.47 Å². The molecule has 0 amide bonds. The summed E-state index contributed by atoms with van der Waals surface area (Å²) in [5.74, 6) is -1.47. The topological polar surface area (TPSA) is 35.5 Å². The fraction of sp³-hybridized carbons (Fsp3) is 0.417. The van der Waals surface area contributed by atoms with Crippen LogP contribution in [-0.4, -0.2) is 19.4 Å². The number of halogens is 4. The van der Waals surface area contributed by atoms with Gasteiger partial charge in [-0.15, -0.1) is 13.2 Å². The second-order valence-corrected chi connectivity index (χ2v) is 4.47.